The number of hydrogen-bond donors (Lipinski definition) is 1. The number of benzene rings is 2. The number of rotatable bonds is 3. The Labute approximate surface area is 142 Å². The number of anilines is 1. The van der Waals surface area contributed by atoms with E-state index in [1.807, 2.05) is 66.4 Å². The average Bonchev–Trinajstić information content (AvgIpc) is 2.63. The normalized spacial score (nSPS) is 20.5. The molecule has 5 heteroatoms. The van der Waals surface area contributed by atoms with Crippen molar-refractivity contribution in [1.82, 2.24) is 4.90 Å². The lowest BCUT2D eigenvalue weighted by Gasteiger charge is -2.38. The maximum absolute atomic E-state index is 12.6. The van der Waals surface area contributed by atoms with E-state index in [0.29, 0.717) is 13.2 Å². The number of morpholine rings is 1. The van der Waals surface area contributed by atoms with Gasteiger partial charge < -0.3 is 19.7 Å². The smallest absolute Gasteiger partial charge is 0.322 e. The lowest BCUT2D eigenvalue weighted by Crippen LogP contribution is -2.49. The quantitative estimate of drug-likeness (QED) is 0.936. The van der Waals surface area contributed by atoms with Crippen LogP contribution in [0.25, 0.3) is 0 Å². The Morgan fingerprint density at radius 3 is 2.54 bits per heavy atom. The summed E-state index contributed by atoms with van der Waals surface area (Å²) >= 11 is 0. The Morgan fingerprint density at radius 2 is 1.88 bits per heavy atom. The zero-order valence-electron chi connectivity index (χ0n) is 13.9. The van der Waals surface area contributed by atoms with Gasteiger partial charge in [0.05, 0.1) is 26.3 Å². The Balaban J connectivity index is 1.68. The Hall–Kier alpha value is -2.53. The van der Waals surface area contributed by atoms with Gasteiger partial charge >= 0.3 is 6.03 Å². The summed E-state index contributed by atoms with van der Waals surface area (Å²) in [4.78, 5) is 14.5. The van der Waals surface area contributed by atoms with Crippen LogP contribution < -0.4 is 10.1 Å². The van der Waals surface area contributed by atoms with Gasteiger partial charge in [0.2, 0.25) is 0 Å². The first kappa shape index (κ1) is 16.3. The van der Waals surface area contributed by atoms with Crippen molar-refractivity contribution in [3.05, 3.63) is 60.2 Å². The van der Waals surface area contributed by atoms with Crippen LogP contribution in [-0.2, 0) is 4.74 Å². The molecule has 5 nitrogen and oxygen atoms in total. The number of urea groups is 1. The van der Waals surface area contributed by atoms with Crippen molar-refractivity contribution in [2.75, 3.05) is 25.6 Å². The summed E-state index contributed by atoms with van der Waals surface area (Å²) < 4.78 is 11.0. The zero-order valence-corrected chi connectivity index (χ0v) is 13.9. The first-order valence-electron chi connectivity index (χ1n) is 8.05. The van der Waals surface area contributed by atoms with Crippen molar-refractivity contribution in [1.29, 1.82) is 0 Å². The van der Waals surface area contributed by atoms with Gasteiger partial charge in [-0.05, 0) is 36.8 Å². The summed E-state index contributed by atoms with van der Waals surface area (Å²) in [5, 5.41) is 2.94. The second-order valence-electron chi connectivity index (χ2n) is 5.89. The minimum Gasteiger partial charge on any atom is -0.497 e. The van der Waals surface area contributed by atoms with Crippen LogP contribution >= 0.6 is 0 Å². The molecule has 0 aliphatic carbocycles. The standard InChI is InChI=1S/C19H22N2O3/c1-14-13-24-18(15-6-4-3-5-7-15)12-21(14)19(22)20-16-8-10-17(23-2)11-9-16/h3-11,14,18H,12-13H2,1-2H3,(H,20,22)/t14-,18+/m1/s1. The second-order valence-corrected chi connectivity index (χ2v) is 5.89. The molecule has 0 spiro atoms. The van der Waals surface area contributed by atoms with Crippen LogP contribution in [0.15, 0.2) is 54.6 Å². The molecule has 1 fully saturated rings. The van der Waals surface area contributed by atoms with E-state index in [9.17, 15) is 4.79 Å². The Bertz CT molecular complexity index is 673. The summed E-state index contributed by atoms with van der Waals surface area (Å²) in [7, 11) is 1.62. The minimum atomic E-state index is -0.114. The van der Waals surface area contributed by atoms with Gasteiger partial charge in [-0.25, -0.2) is 4.79 Å². The number of nitrogens with one attached hydrogen (secondary N) is 1. The predicted octanol–water partition coefficient (Wildman–Crippen LogP) is 3.69. The summed E-state index contributed by atoms with van der Waals surface area (Å²) in [5.41, 5.74) is 1.84. The highest BCUT2D eigenvalue weighted by atomic mass is 16.5. The van der Waals surface area contributed by atoms with Crippen LogP contribution in [0.5, 0.6) is 5.75 Å². The van der Waals surface area contributed by atoms with Crippen LogP contribution in [-0.4, -0.2) is 37.2 Å². The lowest BCUT2D eigenvalue weighted by atomic mass is 10.1. The molecule has 2 aromatic carbocycles. The van der Waals surface area contributed by atoms with Gasteiger partial charge in [0.15, 0.2) is 0 Å². The van der Waals surface area contributed by atoms with Crippen molar-refractivity contribution >= 4 is 11.7 Å². The highest BCUT2D eigenvalue weighted by Crippen LogP contribution is 2.25. The van der Waals surface area contributed by atoms with E-state index in [4.69, 9.17) is 9.47 Å². The molecular weight excluding hydrogens is 304 g/mol. The number of carbonyl (C=O) groups excluding carboxylic acids is 1. The van der Waals surface area contributed by atoms with Gasteiger partial charge in [-0.3, -0.25) is 0 Å². The number of hydrogen-bond acceptors (Lipinski definition) is 3. The van der Waals surface area contributed by atoms with Gasteiger partial charge in [0.1, 0.15) is 11.9 Å². The molecule has 1 aliphatic rings. The molecule has 1 N–H and O–H groups in total. The number of methoxy groups -OCH3 is 1. The van der Waals surface area contributed by atoms with Crippen molar-refractivity contribution in [2.24, 2.45) is 0 Å². The fourth-order valence-electron chi connectivity index (χ4n) is 2.78. The van der Waals surface area contributed by atoms with Crippen LogP contribution in [0.2, 0.25) is 0 Å². The molecule has 2 amide bonds. The second kappa shape index (κ2) is 7.36. The molecule has 0 aromatic heterocycles. The van der Waals surface area contributed by atoms with Crippen molar-refractivity contribution in [2.45, 2.75) is 19.1 Å². The van der Waals surface area contributed by atoms with Crippen LogP contribution in [0.1, 0.15) is 18.6 Å². The van der Waals surface area contributed by atoms with Crippen molar-refractivity contribution < 1.29 is 14.3 Å². The molecular formula is C19H22N2O3. The molecule has 2 aromatic rings. The molecule has 0 radical (unpaired) electrons. The molecule has 1 aliphatic heterocycles. The summed E-state index contributed by atoms with van der Waals surface area (Å²) in [6.45, 7) is 3.05. The van der Waals surface area contributed by atoms with Gasteiger partial charge in [-0.15, -0.1) is 0 Å². The van der Waals surface area contributed by atoms with Crippen LogP contribution in [0, 0.1) is 0 Å². The summed E-state index contributed by atoms with van der Waals surface area (Å²) in [6.07, 6.45) is -0.0935. The number of nitrogens with zero attached hydrogens (tertiary/aromatic N) is 1. The van der Waals surface area contributed by atoms with E-state index < -0.39 is 0 Å². The fourth-order valence-corrected chi connectivity index (χ4v) is 2.78. The summed E-state index contributed by atoms with van der Waals surface area (Å²) in [5.74, 6) is 0.761. The minimum absolute atomic E-state index is 0.0308. The SMILES string of the molecule is COc1ccc(NC(=O)N2C[C@@H](c3ccccc3)OC[C@H]2C)cc1. The maximum atomic E-state index is 12.6. The first-order chi connectivity index (χ1) is 11.7. The van der Waals surface area contributed by atoms with E-state index in [1.165, 1.54) is 0 Å². The molecule has 1 heterocycles. The van der Waals surface area contributed by atoms with Crippen molar-refractivity contribution in [3.8, 4) is 5.75 Å². The third kappa shape index (κ3) is 3.68. The third-order valence-electron chi connectivity index (χ3n) is 4.21. The topological polar surface area (TPSA) is 50.8 Å². The van der Waals surface area contributed by atoms with E-state index in [1.54, 1.807) is 7.11 Å². The van der Waals surface area contributed by atoms with Gasteiger partial charge in [0, 0.05) is 5.69 Å². The van der Waals surface area contributed by atoms with Crippen LogP contribution in [0.3, 0.4) is 0 Å². The van der Waals surface area contributed by atoms with E-state index in [0.717, 1.165) is 17.0 Å². The first-order valence-corrected chi connectivity index (χ1v) is 8.05. The fraction of sp³-hybridized carbons (Fsp3) is 0.316. The molecule has 3 rings (SSSR count). The maximum Gasteiger partial charge on any atom is 0.322 e. The molecule has 0 bridgehead atoms. The molecule has 126 valence electrons. The molecule has 0 saturated carbocycles. The van der Waals surface area contributed by atoms with E-state index >= 15 is 0 Å². The largest absolute Gasteiger partial charge is 0.497 e. The summed E-state index contributed by atoms with van der Waals surface area (Å²) in [6, 6.07) is 17.2. The number of amides is 2. The highest BCUT2D eigenvalue weighted by Gasteiger charge is 2.30. The van der Waals surface area contributed by atoms with Crippen LogP contribution in [0.4, 0.5) is 10.5 Å². The monoisotopic (exact) mass is 326 g/mol. The highest BCUT2D eigenvalue weighted by molar-refractivity contribution is 5.89. The van der Waals surface area contributed by atoms with E-state index in [-0.39, 0.29) is 18.2 Å². The average molecular weight is 326 g/mol. The lowest BCUT2D eigenvalue weighted by molar-refractivity contribution is -0.0407. The Morgan fingerprint density at radius 1 is 1.17 bits per heavy atom. The van der Waals surface area contributed by atoms with Gasteiger partial charge in [-0.1, -0.05) is 30.3 Å². The molecule has 1 saturated heterocycles. The Kier molecular flexibility index (Phi) is 5.01. The third-order valence-corrected chi connectivity index (χ3v) is 4.21. The number of ether oxygens (including phenoxy) is 2. The number of carbonyl (C=O) groups is 1. The zero-order chi connectivity index (χ0) is 16.9. The molecule has 2 atom stereocenters. The van der Waals surface area contributed by atoms with Gasteiger partial charge in [-0.2, -0.15) is 0 Å². The predicted molar refractivity (Wildman–Crippen MR) is 93.3 cm³/mol. The van der Waals surface area contributed by atoms with E-state index in [2.05, 4.69) is 5.32 Å². The molecule has 24 heavy (non-hydrogen) atoms. The van der Waals surface area contributed by atoms with Crippen molar-refractivity contribution in [3.63, 3.8) is 0 Å². The van der Waals surface area contributed by atoms with Gasteiger partial charge in [0.25, 0.3) is 0 Å². The molecule has 0 unspecified atom stereocenters.